The van der Waals surface area contributed by atoms with Gasteiger partial charge in [0.05, 0.1) is 18.5 Å². The van der Waals surface area contributed by atoms with E-state index >= 15 is 0 Å². The standard InChI is InChI=1S/C25H25BrFN5O3/c1-4-20-13-21(31(2)30-20)11-16-6-5-9-28-24(16)22-8-7-19(27)10-17(22)15-35-23-12-18(26)14-29-25(23)32(33)34-3/h5-10,12-14,33H,4,11,15H2,1-3H3. The van der Waals surface area contributed by atoms with Crippen molar-refractivity contribution in [2.45, 2.75) is 26.4 Å². The number of halogens is 2. The van der Waals surface area contributed by atoms with Gasteiger partial charge in [0.15, 0.2) is 5.75 Å². The summed E-state index contributed by atoms with van der Waals surface area (Å²) in [5.74, 6) is -0.0744. The predicted molar refractivity (Wildman–Crippen MR) is 133 cm³/mol. The van der Waals surface area contributed by atoms with Crippen LogP contribution in [0.3, 0.4) is 0 Å². The molecule has 0 spiro atoms. The van der Waals surface area contributed by atoms with Crippen LogP contribution in [0.2, 0.25) is 0 Å². The molecule has 8 nitrogen and oxygen atoms in total. The maximum atomic E-state index is 14.3. The molecule has 4 rings (SSSR count). The van der Waals surface area contributed by atoms with Gasteiger partial charge in [-0.25, -0.2) is 9.37 Å². The van der Waals surface area contributed by atoms with Crippen LogP contribution >= 0.6 is 15.9 Å². The van der Waals surface area contributed by atoms with Crippen molar-refractivity contribution >= 4 is 21.7 Å². The van der Waals surface area contributed by atoms with E-state index in [1.54, 1.807) is 18.3 Å². The second-order valence-corrected chi connectivity index (χ2v) is 8.73. The summed E-state index contributed by atoms with van der Waals surface area (Å²) in [6.07, 6.45) is 4.69. The Balaban J connectivity index is 1.68. The quantitative estimate of drug-likeness (QED) is 0.289. The number of nitrogens with zero attached hydrogens (tertiary/aromatic N) is 5. The fourth-order valence-corrected chi connectivity index (χ4v) is 4.06. The molecule has 0 bridgehead atoms. The van der Waals surface area contributed by atoms with E-state index in [-0.39, 0.29) is 18.2 Å². The van der Waals surface area contributed by atoms with E-state index in [1.165, 1.54) is 25.4 Å². The molecule has 0 aliphatic carbocycles. The third-order valence-corrected chi connectivity index (χ3v) is 5.95. The molecule has 0 radical (unpaired) electrons. The van der Waals surface area contributed by atoms with Crippen LogP contribution in [0.1, 0.15) is 29.4 Å². The van der Waals surface area contributed by atoms with E-state index in [2.05, 4.69) is 44.0 Å². The molecule has 1 aromatic carbocycles. The maximum absolute atomic E-state index is 14.3. The van der Waals surface area contributed by atoms with Crippen molar-refractivity contribution in [3.8, 4) is 17.0 Å². The molecule has 0 aliphatic rings. The molecule has 0 unspecified atom stereocenters. The molecule has 35 heavy (non-hydrogen) atoms. The second kappa shape index (κ2) is 10.9. The number of ether oxygens (including phenoxy) is 1. The zero-order valence-corrected chi connectivity index (χ0v) is 21.2. The van der Waals surface area contributed by atoms with Gasteiger partial charge in [-0.1, -0.05) is 13.0 Å². The molecule has 4 aromatic rings. The van der Waals surface area contributed by atoms with E-state index < -0.39 is 5.82 Å². The van der Waals surface area contributed by atoms with Gasteiger partial charge in [-0.2, -0.15) is 5.10 Å². The highest BCUT2D eigenvalue weighted by Gasteiger charge is 2.17. The summed E-state index contributed by atoms with van der Waals surface area (Å²) in [5.41, 5.74) is 5.14. The van der Waals surface area contributed by atoms with E-state index in [0.29, 0.717) is 21.7 Å². The van der Waals surface area contributed by atoms with Gasteiger partial charge in [0.2, 0.25) is 5.82 Å². The topological polar surface area (TPSA) is 85.5 Å². The van der Waals surface area contributed by atoms with Crippen LogP contribution in [0.4, 0.5) is 10.2 Å². The van der Waals surface area contributed by atoms with E-state index in [4.69, 9.17) is 9.57 Å². The Morgan fingerprint density at radius 1 is 1.14 bits per heavy atom. The first-order chi connectivity index (χ1) is 16.9. The molecule has 0 fully saturated rings. The minimum atomic E-state index is -0.391. The molecule has 1 N–H and O–H groups in total. The summed E-state index contributed by atoms with van der Waals surface area (Å²) in [5, 5.41) is 15.0. The van der Waals surface area contributed by atoms with Gasteiger partial charge in [0.1, 0.15) is 12.4 Å². The van der Waals surface area contributed by atoms with Gasteiger partial charge < -0.3 is 4.74 Å². The first-order valence-electron chi connectivity index (χ1n) is 11.0. The third-order valence-electron chi connectivity index (χ3n) is 5.51. The molecule has 0 amide bonds. The molecule has 10 heteroatoms. The number of hydrogen-bond acceptors (Lipinski definition) is 7. The summed E-state index contributed by atoms with van der Waals surface area (Å²) >= 11 is 3.35. The Kier molecular flexibility index (Phi) is 7.74. The van der Waals surface area contributed by atoms with E-state index in [1.807, 2.05) is 23.9 Å². The van der Waals surface area contributed by atoms with Crippen LogP contribution in [-0.4, -0.2) is 32.1 Å². The number of rotatable bonds is 9. The summed E-state index contributed by atoms with van der Waals surface area (Å²) in [6, 6.07) is 12.2. The molecule has 0 saturated carbocycles. The van der Waals surface area contributed by atoms with Crippen molar-refractivity contribution in [3.63, 3.8) is 0 Å². The van der Waals surface area contributed by atoms with Crippen LogP contribution < -0.4 is 9.96 Å². The van der Waals surface area contributed by atoms with E-state index in [0.717, 1.165) is 34.6 Å². The SMILES string of the molecule is CCc1cc(Cc2cccnc2-c2ccc(F)cc2COc2cc(Br)cnc2N(O)OC)n(C)n1. The Labute approximate surface area is 211 Å². The van der Waals surface area contributed by atoms with Gasteiger partial charge in [-0.05, 0) is 64.3 Å². The van der Waals surface area contributed by atoms with Crippen molar-refractivity contribution < 1.29 is 19.2 Å². The number of pyridine rings is 2. The molecule has 3 heterocycles. The monoisotopic (exact) mass is 541 g/mol. The third kappa shape index (κ3) is 5.67. The fourth-order valence-electron chi connectivity index (χ4n) is 3.75. The zero-order chi connectivity index (χ0) is 24.9. The second-order valence-electron chi connectivity index (χ2n) is 7.81. The summed E-state index contributed by atoms with van der Waals surface area (Å²) in [4.78, 5) is 13.6. The fraction of sp³-hybridized carbons (Fsp3) is 0.240. The van der Waals surface area contributed by atoms with Crippen LogP contribution in [0.5, 0.6) is 5.75 Å². The minimum Gasteiger partial charge on any atom is -0.485 e. The van der Waals surface area contributed by atoms with Crippen molar-refractivity contribution in [1.82, 2.24) is 19.7 Å². The smallest absolute Gasteiger partial charge is 0.225 e. The summed E-state index contributed by atoms with van der Waals surface area (Å²) in [6.45, 7) is 2.08. The molecule has 0 aliphatic heterocycles. The highest BCUT2D eigenvalue weighted by atomic mass is 79.9. The lowest BCUT2D eigenvalue weighted by molar-refractivity contribution is -0.0144. The maximum Gasteiger partial charge on any atom is 0.225 e. The zero-order valence-electron chi connectivity index (χ0n) is 19.6. The van der Waals surface area contributed by atoms with Gasteiger partial charge in [-0.15, -0.1) is 5.23 Å². The van der Waals surface area contributed by atoms with Gasteiger partial charge in [0, 0.05) is 47.2 Å². The van der Waals surface area contributed by atoms with Gasteiger partial charge in [0.25, 0.3) is 0 Å². The predicted octanol–water partition coefficient (Wildman–Crippen LogP) is 5.27. The van der Waals surface area contributed by atoms with Crippen molar-refractivity contribution in [3.05, 3.63) is 87.7 Å². The molecule has 0 saturated heterocycles. The summed E-state index contributed by atoms with van der Waals surface area (Å²) in [7, 11) is 3.22. The van der Waals surface area contributed by atoms with Crippen molar-refractivity contribution in [2.24, 2.45) is 7.05 Å². The lowest BCUT2D eigenvalue weighted by Gasteiger charge is -2.18. The van der Waals surface area contributed by atoms with Crippen molar-refractivity contribution in [2.75, 3.05) is 12.3 Å². The highest BCUT2D eigenvalue weighted by molar-refractivity contribution is 9.10. The lowest BCUT2D eigenvalue weighted by Crippen LogP contribution is -2.18. The highest BCUT2D eigenvalue weighted by Crippen LogP contribution is 2.32. The Bertz CT molecular complexity index is 1330. The molecular weight excluding hydrogens is 517 g/mol. The lowest BCUT2D eigenvalue weighted by atomic mass is 9.98. The Morgan fingerprint density at radius 2 is 1.97 bits per heavy atom. The van der Waals surface area contributed by atoms with Crippen LogP contribution in [0.15, 0.2) is 59.3 Å². The number of benzene rings is 1. The van der Waals surface area contributed by atoms with E-state index in [9.17, 15) is 9.60 Å². The normalized spacial score (nSPS) is 11.0. The number of aryl methyl sites for hydroxylation is 2. The van der Waals surface area contributed by atoms with Crippen LogP contribution in [0.25, 0.3) is 11.3 Å². The first kappa shape index (κ1) is 24.8. The van der Waals surface area contributed by atoms with Gasteiger partial charge >= 0.3 is 0 Å². The van der Waals surface area contributed by atoms with Crippen LogP contribution in [-0.2, 0) is 31.3 Å². The first-order valence-corrected chi connectivity index (χ1v) is 11.7. The number of hydrogen-bond donors (Lipinski definition) is 1. The largest absolute Gasteiger partial charge is 0.485 e. The Morgan fingerprint density at radius 3 is 2.71 bits per heavy atom. The van der Waals surface area contributed by atoms with Gasteiger partial charge in [-0.3, -0.25) is 19.7 Å². The van der Waals surface area contributed by atoms with Crippen molar-refractivity contribution in [1.29, 1.82) is 0 Å². The average Bonchev–Trinajstić information content (AvgIpc) is 3.22. The molecule has 182 valence electrons. The molecule has 3 aromatic heterocycles. The molecule has 0 atom stereocenters. The minimum absolute atomic E-state index is 0.0114. The number of aromatic nitrogens is 4. The summed E-state index contributed by atoms with van der Waals surface area (Å²) < 4.78 is 22.8. The average molecular weight is 542 g/mol. The Hall–Kier alpha value is -3.34. The number of anilines is 1. The molecular formula is C25H25BrFN5O3. The van der Waals surface area contributed by atoms with Crippen LogP contribution in [0, 0.1) is 5.82 Å².